The van der Waals surface area contributed by atoms with E-state index in [1.807, 2.05) is 49.4 Å². The fourth-order valence-corrected chi connectivity index (χ4v) is 3.78. The van der Waals surface area contributed by atoms with Crippen molar-refractivity contribution in [3.63, 3.8) is 0 Å². The summed E-state index contributed by atoms with van der Waals surface area (Å²) in [6.45, 7) is 2.99. The van der Waals surface area contributed by atoms with E-state index in [9.17, 15) is 4.79 Å². The number of ether oxygens (including phenoxy) is 1. The Labute approximate surface area is 162 Å². The molecular weight excluding hydrogens is 368 g/mol. The summed E-state index contributed by atoms with van der Waals surface area (Å²) in [5.74, 6) is 0.686. The van der Waals surface area contributed by atoms with Crippen LogP contribution in [0.25, 0.3) is 11.0 Å². The van der Waals surface area contributed by atoms with Crippen LogP contribution in [0.2, 0.25) is 5.02 Å². The summed E-state index contributed by atoms with van der Waals surface area (Å²) in [6, 6.07) is 16.0. The van der Waals surface area contributed by atoms with Crippen molar-refractivity contribution in [2.45, 2.75) is 31.5 Å². The third kappa shape index (κ3) is 4.80. The van der Waals surface area contributed by atoms with Crippen molar-refractivity contribution >= 4 is 40.4 Å². The number of fused-ring (bicyclic) bond motifs is 1. The lowest BCUT2D eigenvalue weighted by Gasteiger charge is -2.09. The second-order valence-corrected chi connectivity index (χ2v) is 7.35. The van der Waals surface area contributed by atoms with Crippen LogP contribution in [0, 0.1) is 0 Å². The molecule has 0 aliphatic heterocycles. The van der Waals surface area contributed by atoms with Crippen LogP contribution in [0.4, 0.5) is 0 Å². The van der Waals surface area contributed by atoms with Gasteiger partial charge in [0.05, 0.1) is 24.2 Å². The molecule has 0 saturated heterocycles. The number of halogens is 1. The molecule has 3 rings (SSSR count). The van der Waals surface area contributed by atoms with Crippen molar-refractivity contribution in [2.24, 2.45) is 0 Å². The summed E-state index contributed by atoms with van der Waals surface area (Å²) < 4.78 is 7.19. The number of rotatable bonds is 8. The maximum atomic E-state index is 11.5. The second kappa shape index (κ2) is 9.10. The zero-order chi connectivity index (χ0) is 18.4. The standard InChI is InChI=1S/C20H21ClN2O2S/c1-2-25-19(24)8-5-13-26-20-22-17-6-3-4-7-18(17)23(20)14-15-9-11-16(21)12-10-15/h3-4,6-7,9-12H,2,5,8,13-14H2,1H3. The highest BCUT2D eigenvalue weighted by Crippen LogP contribution is 2.26. The Balaban J connectivity index is 1.74. The number of benzene rings is 2. The Kier molecular flexibility index (Phi) is 6.58. The van der Waals surface area contributed by atoms with Crippen LogP contribution in [0.1, 0.15) is 25.3 Å². The van der Waals surface area contributed by atoms with Gasteiger partial charge in [0.1, 0.15) is 0 Å². The van der Waals surface area contributed by atoms with Gasteiger partial charge in [0.2, 0.25) is 0 Å². The van der Waals surface area contributed by atoms with Gasteiger partial charge in [-0.15, -0.1) is 0 Å². The molecule has 2 aromatic carbocycles. The molecule has 0 atom stereocenters. The first-order chi connectivity index (χ1) is 12.7. The molecule has 0 aliphatic carbocycles. The summed E-state index contributed by atoms with van der Waals surface area (Å²) in [5.41, 5.74) is 3.26. The summed E-state index contributed by atoms with van der Waals surface area (Å²) in [7, 11) is 0. The Morgan fingerprint density at radius 3 is 2.73 bits per heavy atom. The molecule has 3 aromatic rings. The Morgan fingerprint density at radius 2 is 1.96 bits per heavy atom. The number of hydrogen-bond donors (Lipinski definition) is 0. The summed E-state index contributed by atoms with van der Waals surface area (Å²) in [6.07, 6.45) is 1.21. The highest BCUT2D eigenvalue weighted by Gasteiger charge is 2.12. The van der Waals surface area contributed by atoms with Crippen LogP contribution in [0.5, 0.6) is 0 Å². The minimum atomic E-state index is -0.136. The Morgan fingerprint density at radius 1 is 1.19 bits per heavy atom. The first-order valence-corrected chi connectivity index (χ1v) is 10.0. The van der Waals surface area contributed by atoms with Gasteiger partial charge >= 0.3 is 5.97 Å². The lowest BCUT2D eigenvalue weighted by Crippen LogP contribution is -2.04. The SMILES string of the molecule is CCOC(=O)CCCSc1nc2ccccc2n1Cc1ccc(Cl)cc1. The number of para-hydroxylation sites is 2. The first-order valence-electron chi connectivity index (χ1n) is 8.65. The van der Waals surface area contributed by atoms with E-state index in [2.05, 4.69) is 10.6 Å². The van der Waals surface area contributed by atoms with E-state index in [-0.39, 0.29) is 5.97 Å². The van der Waals surface area contributed by atoms with E-state index in [1.54, 1.807) is 11.8 Å². The van der Waals surface area contributed by atoms with Gasteiger partial charge in [-0.2, -0.15) is 0 Å². The van der Waals surface area contributed by atoms with Crippen LogP contribution < -0.4 is 0 Å². The molecule has 0 unspecified atom stereocenters. The minimum Gasteiger partial charge on any atom is -0.466 e. The van der Waals surface area contributed by atoms with Gasteiger partial charge in [-0.25, -0.2) is 4.98 Å². The van der Waals surface area contributed by atoms with Crippen LogP contribution >= 0.6 is 23.4 Å². The molecular formula is C20H21ClN2O2S. The number of thioether (sulfide) groups is 1. The predicted octanol–water partition coefficient (Wildman–Crippen LogP) is 5.17. The lowest BCUT2D eigenvalue weighted by molar-refractivity contribution is -0.143. The number of hydrogen-bond acceptors (Lipinski definition) is 4. The van der Waals surface area contributed by atoms with Gasteiger partial charge < -0.3 is 9.30 Å². The summed E-state index contributed by atoms with van der Waals surface area (Å²) in [5, 5.41) is 1.70. The molecule has 0 bridgehead atoms. The van der Waals surface area contributed by atoms with Crippen molar-refractivity contribution < 1.29 is 9.53 Å². The molecule has 4 nitrogen and oxygen atoms in total. The number of esters is 1. The molecule has 0 aliphatic rings. The quantitative estimate of drug-likeness (QED) is 0.303. The van der Waals surface area contributed by atoms with Gasteiger partial charge in [0.25, 0.3) is 0 Å². The molecule has 0 fully saturated rings. The molecule has 136 valence electrons. The third-order valence-corrected chi connectivity index (χ3v) is 5.25. The molecule has 0 saturated carbocycles. The monoisotopic (exact) mass is 388 g/mol. The van der Waals surface area contributed by atoms with Crippen LogP contribution in [0.15, 0.2) is 53.7 Å². The fraction of sp³-hybridized carbons (Fsp3) is 0.300. The van der Waals surface area contributed by atoms with E-state index in [1.165, 1.54) is 5.56 Å². The highest BCUT2D eigenvalue weighted by atomic mass is 35.5. The average molecular weight is 389 g/mol. The third-order valence-electron chi connectivity index (χ3n) is 3.94. The number of carbonyl (C=O) groups is 1. The van der Waals surface area contributed by atoms with Gasteiger partial charge in [-0.3, -0.25) is 4.79 Å². The van der Waals surface area contributed by atoms with Gasteiger partial charge in [-0.1, -0.05) is 47.6 Å². The predicted molar refractivity (Wildman–Crippen MR) is 107 cm³/mol. The van der Waals surface area contributed by atoms with E-state index < -0.39 is 0 Å². The van der Waals surface area contributed by atoms with Crippen molar-refractivity contribution in [3.8, 4) is 0 Å². The Hall–Kier alpha value is -1.98. The molecule has 0 radical (unpaired) electrons. The normalized spacial score (nSPS) is 11.0. The van der Waals surface area contributed by atoms with Gasteiger partial charge in [0.15, 0.2) is 5.16 Å². The zero-order valence-electron chi connectivity index (χ0n) is 14.7. The van der Waals surface area contributed by atoms with Gasteiger partial charge in [-0.05, 0) is 43.2 Å². The molecule has 0 N–H and O–H groups in total. The lowest BCUT2D eigenvalue weighted by atomic mass is 10.2. The fourth-order valence-electron chi connectivity index (χ4n) is 2.70. The van der Waals surface area contributed by atoms with Crippen LogP contribution in [-0.4, -0.2) is 27.9 Å². The molecule has 1 aromatic heterocycles. The van der Waals surface area contributed by atoms with Gasteiger partial charge in [0, 0.05) is 17.2 Å². The summed E-state index contributed by atoms with van der Waals surface area (Å²) >= 11 is 7.66. The molecule has 6 heteroatoms. The first kappa shape index (κ1) is 18.8. The zero-order valence-corrected chi connectivity index (χ0v) is 16.2. The average Bonchev–Trinajstić information content (AvgIpc) is 2.98. The van der Waals surface area contributed by atoms with E-state index in [0.717, 1.165) is 39.9 Å². The highest BCUT2D eigenvalue weighted by molar-refractivity contribution is 7.99. The van der Waals surface area contributed by atoms with E-state index in [0.29, 0.717) is 13.0 Å². The van der Waals surface area contributed by atoms with Crippen LogP contribution in [-0.2, 0) is 16.1 Å². The number of carbonyl (C=O) groups excluding carboxylic acids is 1. The molecule has 0 spiro atoms. The Bertz CT molecular complexity index is 877. The van der Waals surface area contributed by atoms with E-state index >= 15 is 0 Å². The smallest absolute Gasteiger partial charge is 0.305 e. The number of aromatic nitrogens is 2. The van der Waals surface area contributed by atoms with Crippen molar-refractivity contribution in [1.82, 2.24) is 9.55 Å². The topological polar surface area (TPSA) is 44.1 Å². The number of imidazole rings is 1. The minimum absolute atomic E-state index is 0.136. The largest absolute Gasteiger partial charge is 0.466 e. The van der Waals surface area contributed by atoms with E-state index in [4.69, 9.17) is 21.3 Å². The van der Waals surface area contributed by atoms with Crippen molar-refractivity contribution in [1.29, 1.82) is 0 Å². The molecule has 0 amide bonds. The van der Waals surface area contributed by atoms with Crippen LogP contribution in [0.3, 0.4) is 0 Å². The van der Waals surface area contributed by atoms with Crippen molar-refractivity contribution in [3.05, 3.63) is 59.1 Å². The maximum Gasteiger partial charge on any atom is 0.305 e. The molecule has 26 heavy (non-hydrogen) atoms. The number of nitrogens with zero attached hydrogens (tertiary/aromatic N) is 2. The maximum absolute atomic E-state index is 11.5. The van der Waals surface area contributed by atoms with Crippen molar-refractivity contribution in [2.75, 3.05) is 12.4 Å². The second-order valence-electron chi connectivity index (χ2n) is 5.85. The summed E-state index contributed by atoms with van der Waals surface area (Å²) in [4.78, 5) is 16.2. The molecule has 1 heterocycles.